The lowest BCUT2D eigenvalue weighted by atomic mass is 10.1. The number of ether oxygens (including phenoxy) is 3. The molecule has 0 bridgehead atoms. The maximum atomic E-state index is 12.7. The second-order valence-corrected chi connectivity index (χ2v) is 7.88. The Balaban J connectivity index is 1.47. The highest BCUT2D eigenvalue weighted by Crippen LogP contribution is 2.36. The second kappa shape index (κ2) is 8.95. The van der Waals surface area contributed by atoms with Crippen molar-refractivity contribution in [2.45, 2.75) is 12.8 Å². The van der Waals surface area contributed by atoms with E-state index in [9.17, 15) is 9.59 Å². The van der Waals surface area contributed by atoms with Crippen LogP contribution < -0.4 is 14.2 Å². The van der Waals surface area contributed by atoms with Gasteiger partial charge in [0.25, 0.3) is 0 Å². The monoisotopic (exact) mass is 503 g/mol. The molecule has 0 unspecified atom stereocenters. The number of nitrogens with zero attached hydrogens (tertiary/aromatic N) is 1. The van der Waals surface area contributed by atoms with Gasteiger partial charge in [0.05, 0.1) is 19.1 Å². The molecule has 0 saturated heterocycles. The van der Waals surface area contributed by atoms with Gasteiger partial charge in [-0.3, -0.25) is 9.59 Å². The minimum Gasteiger partial charge on any atom is -0.496 e. The molecule has 4 rings (SSSR count). The number of carbonyl (C=O) groups excluding carboxylic acids is 2. The van der Waals surface area contributed by atoms with E-state index in [2.05, 4.69) is 21.1 Å². The van der Waals surface area contributed by atoms with Crippen molar-refractivity contribution in [1.29, 1.82) is 0 Å². The Morgan fingerprint density at radius 3 is 2.81 bits per heavy atom. The first-order chi connectivity index (χ1) is 14.9. The van der Waals surface area contributed by atoms with Crippen LogP contribution in [-0.4, -0.2) is 24.0 Å². The molecule has 7 nitrogen and oxygen atoms in total. The smallest absolute Gasteiger partial charge is 0.311 e. The highest BCUT2D eigenvalue weighted by Gasteiger charge is 2.28. The molecule has 1 aliphatic heterocycles. The first-order valence-electron chi connectivity index (χ1n) is 9.16. The summed E-state index contributed by atoms with van der Waals surface area (Å²) in [6.45, 7) is 0. The fraction of sp³-hybridized carbons (Fsp3) is 0.136. The topological polar surface area (TPSA) is 87.9 Å². The van der Waals surface area contributed by atoms with Crippen LogP contribution in [0.15, 0.2) is 57.2 Å². The predicted octanol–water partition coefficient (Wildman–Crippen LogP) is 5.25. The molecular formula is C22H15BrClNO6. The van der Waals surface area contributed by atoms with Gasteiger partial charge in [-0.1, -0.05) is 32.7 Å². The van der Waals surface area contributed by atoms with Gasteiger partial charge in [0.2, 0.25) is 5.78 Å². The van der Waals surface area contributed by atoms with Crippen LogP contribution in [0.25, 0.3) is 6.08 Å². The lowest BCUT2D eigenvalue weighted by molar-refractivity contribution is -0.134. The van der Waals surface area contributed by atoms with Crippen molar-refractivity contribution in [1.82, 2.24) is 5.16 Å². The third-order valence-corrected chi connectivity index (χ3v) is 5.13. The van der Waals surface area contributed by atoms with Crippen LogP contribution in [0.4, 0.5) is 0 Å². The number of benzene rings is 2. The van der Waals surface area contributed by atoms with Crippen LogP contribution in [0, 0.1) is 0 Å². The highest BCUT2D eigenvalue weighted by atomic mass is 79.9. The molecule has 0 fully saturated rings. The SMILES string of the molecule is COc1ccc(Br)cc1/C=C1\Oc2cc(OC(=O)CCc3cc(Cl)no3)ccc2C1=O. The lowest BCUT2D eigenvalue weighted by Crippen LogP contribution is -2.08. The van der Waals surface area contributed by atoms with Crippen LogP contribution in [0.1, 0.15) is 28.1 Å². The fourth-order valence-electron chi connectivity index (χ4n) is 3.00. The number of fused-ring (bicyclic) bond motifs is 1. The third-order valence-electron chi connectivity index (χ3n) is 4.46. The number of hydrogen-bond acceptors (Lipinski definition) is 7. The van der Waals surface area contributed by atoms with Crippen molar-refractivity contribution in [2.75, 3.05) is 7.11 Å². The Morgan fingerprint density at radius 2 is 2.06 bits per heavy atom. The normalized spacial score (nSPS) is 13.8. The summed E-state index contributed by atoms with van der Waals surface area (Å²) in [5.41, 5.74) is 1.07. The van der Waals surface area contributed by atoms with Gasteiger partial charge < -0.3 is 18.7 Å². The Hall–Kier alpha value is -3.10. The van der Waals surface area contributed by atoms with Crippen LogP contribution >= 0.6 is 27.5 Å². The number of rotatable bonds is 6. The van der Waals surface area contributed by atoms with E-state index in [-0.39, 0.29) is 28.9 Å². The van der Waals surface area contributed by atoms with Gasteiger partial charge in [-0.05, 0) is 36.4 Å². The standard InChI is InChI=1S/C22H15BrClNO6/c1-28-17-6-2-13(23)8-12(17)9-19-22(27)16-5-3-14(10-18(16)30-19)29-21(26)7-4-15-11-20(24)25-31-15/h2-3,5-6,8-11H,4,7H2,1H3/b19-9-. The molecule has 9 heteroatoms. The average molecular weight is 505 g/mol. The van der Waals surface area contributed by atoms with Crippen molar-refractivity contribution < 1.29 is 28.3 Å². The largest absolute Gasteiger partial charge is 0.496 e. The molecule has 31 heavy (non-hydrogen) atoms. The van der Waals surface area contributed by atoms with Crippen LogP contribution in [0.5, 0.6) is 17.2 Å². The Kier molecular flexibility index (Phi) is 6.11. The van der Waals surface area contributed by atoms with Gasteiger partial charge in [-0.15, -0.1) is 0 Å². The Morgan fingerprint density at radius 1 is 1.23 bits per heavy atom. The quantitative estimate of drug-likeness (QED) is 0.257. The van der Waals surface area contributed by atoms with Crippen LogP contribution in [0.3, 0.4) is 0 Å². The van der Waals surface area contributed by atoms with E-state index in [0.717, 1.165) is 4.47 Å². The summed E-state index contributed by atoms with van der Waals surface area (Å²) < 4.78 is 22.2. The number of aryl methyl sites for hydroxylation is 1. The first kappa shape index (κ1) is 21.1. The van der Waals surface area contributed by atoms with Gasteiger partial charge >= 0.3 is 5.97 Å². The number of carbonyl (C=O) groups is 2. The first-order valence-corrected chi connectivity index (χ1v) is 10.3. The van der Waals surface area contributed by atoms with Gasteiger partial charge in [-0.2, -0.15) is 0 Å². The van der Waals surface area contributed by atoms with E-state index in [1.165, 1.54) is 12.1 Å². The molecule has 1 aromatic heterocycles. The maximum Gasteiger partial charge on any atom is 0.311 e. The molecule has 0 spiro atoms. The maximum absolute atomic E-state index is 12.7. The lowest BCUT2D eigenvalue weighted by Gasteiger charge is -2.06. The molecule has 0 atom stereocenters. The number of ketones is 1. The van der Waals surface area contributed by atoms with E-state index >= 15 is 0 Å². The summed E-state index contributed by atoms with van der Waals surface area (Å²) in [5, 5.41) is 3.78. The summed E-state index contributed by atoms with van der Waals surface area (Å²) in [6, 6.07) is 11.6. The molecule has 2 heterocycles. The fourth-order valence-corrected chi connectivity index (χ4v) is 3.54. The van der Waals surface area contributed by atoms with E-state index in [0.29, 0.717) is 34.8 Å². The number of Topliss-reactive ketones (excluding diaryl/α,β-unsaturated/α-hetero) is 1. The van der Waals surface area contributed by atoms with Crippen molar-refractivity contribution >= 4 is 45.4 Å². The van der Waals surface area contributed by atoms with Gasteiger partial charge in [-0.25, -0.2) is 0 Å². The molecule has 0 aliphatic carbocycles. The third kappa shape index (κ3) is 4.81. The zero-order valence-electron chi connectivity index (χ0n) is 16.2. The van der Waals surface area contributed by atoms with Gasteiger partial charge in [0.15, 0.2) is 10.9 Å². The van der Waals surface area contributed by atoms with Gasteiger partial charge in [0.1, 0.15) is 23.0 Å². The van der Waals surface area contributed by atoms with Crippen molar-refractivity contribution in [3.63, 3.8) is 0 Å². The number of aromatic nitrogens is 1. The minimum absolute atomic E-state index is 0.0796. The average Bonchev–Trinajstić information content (AvgIpc) is 3.29. The van der Waals surface area contributed by atoms with E-state index < -0.39 is 5.97 Å². The van der Waals surface area contributed by atoms with Crippen molar-refractivity contribution in [3.05, 3.63) is 74.7 Å². The van der Waals surface area contributed by atoms with Gasteiger partial charge in [0, 0.05) is 28.6 Å². The highest BCUT2D eigenvalue weighted by molar-refractivity contribution is 9.10. The Bertz CT molecular complexity index is 1200. The molecule has 0 saturated carbocycles. The van der Waals surface area contributed by atoms with E-state index in [1.54, 1.807) is 31.4 Å². The molecule has 158 valence electrons. The van der Waals surface area contributed by atoms with Crippen molar-refractivity contribution in [3.8, 4) is 17.2 Å². The predicted molar refractivity (Wildman–Crippen MR) is 116 cm³/mol. The molecule has 1 aliphatic rings. The van der Waals surface area contributed by atoms with Crippen LogP contribution in [-0.2, 0) is 11.2 Å². The minimum atomic E-state index is -0.466. The number of allylic oxidation sites excluding steroid dienone is 1. The summed E-state index contributed by atoms with van der Waals surface area (Å²) >= 11 is 9.09. The van der Waals surface area contributed by atoms with Crippen molar-refractivity contribution in [2.24, 2.45) is 0 Å². The molecule has 0 N–H and O–H groups in total. The Labute approximate surface area is 190 Å². The summed E-state index contributed by atoms with van der Waals surface area (Å²) in [5.74, 6) is 1.10. The van der Waals surface area contributed by atoms with E-state index in [4.69, 9.17) is 30.3 Å². The second-order valence-electron chi connectivity index (χ2n) is 6.57. The number of hydrogen-bond donors (Lipinski definition) is 0. The number of methoxy groups -OCH3 is 1. The molecule has 0 amide bonds. The van der Waals surface area contributed by atoms with Crippen LogP contribution in [0.2, 0.25) is 5.15 Å². The summed E-state index contributed by atoms with van der Waals surface area (Å²) in [6.07, 6.45) is 2.00. The number of esters is 1. The molecular weight excluding hydrogens is 490 g/mol. The molecule has 2 aromatic carbocycles. The molecule has 0 radical (unpaired) electrons. The summed E-state index contributed by atoms with van der Waals surface area (Å²) in [4.78, 5) is 24.8. The molecule has 3 aromatic rings. The zero-order chi connectivity index (χ0) is 22.0. The number of halogens is 2. The van der Waals surface area contributed by atoms with E-state index in [1.807, 2.05) is 12.1 Å². The zero-order valence-corrected chi connectivity index (χ0v) is 18.5. The summed E-state index contributed by atoms with van der Waals surface area (Å²) in [7, 11) is 1.55.